The molecule has 0 fully saturated rings. The molecule has 0 aromatic heterocycles. The van der Waals surface area contributed by atoms with Gasteiger partial charge in [-0.2, -0.15) is 0 Å². The maximum Gasteiger partial charge on any atom is 0.0615 e. The Morgan fingerprint density at radius 2 is 2.06 bits per heavy atom. The predicted molar refractivity (Wildman–Crippen MR) is 79.6 cm³/mol. The first-order chi connectivity index (χ1) is 8.47. The Morgan fingerprint density at radius 1 is 1.39 bits per heavy atom. The van der Waals surface area contributed by atoms with Crippen molar-refractivity contribution in [2.45, 2.75) is 32.0 Å². The molecular formula is C14H23BrN2O. The zero-order valence-electron chi connectivity index (χ0n) is 11.6. The molecule has 0 spiro atoms. The van der Waals surface area contributed by atoms with Crippen molar-refractivity contribution in [1.82, 2.24) is 4.90 Å². The topological polar surface area (TPSA) is 38.5 Å². The molecule has 0 saturated carbocycles. The average Bonchev–Trinajstić information content (AvgIpc) is 2.29. The minimum absolute atomic E-state index is 0.0589. The van der Waals surface area contributed by atoms with Gasteiger partial charge >= 0.3 is 0 Å². The van der Waals surface area contributed by atoms with Crippen LogP contribution in [-0.4, -0.2) is 37.7 Å². The van der Waals surface area contributed by atoms with E-state index in [0.29, 0.717) is 12.6 Å². The third-order valence-corrected chi connectivity index (χ3v) is 3.72. The summed E-state index contributed by atoms with van der Waals surface area (Å²) in [5.41, 5.74) is 7.38. The highest BCUT2D eigenvalue weighted by Crippen LogP contribution is 2.26. The summed E-state index contributed by atoms with van der Waals surface area (Å²) in [6, 6.07) is 8.89. The second-order valence-corrected chi connectivity index (χ2v) is 5.74. The van der Waals surface area contributed by atoms with E-state index in [1.165, 1.54) is 5.56 Å². The van der Waals surface area contributed by atoms with Gasteiger partial charge in [-0.15, -0.1) is 0 Å². The van der Waals surface area contributed by atoms with E-state index in [0.717, 1.165) is 4.47 Å². The lowest BCUT2D eigenvalue weighted by Crippen LogP contribution is -2.43. The van der Waals surface area contributed by atoms with Crippen LogP contribution in [0.3, 0.4) is 0 Å². The van der Waals surface area contributed by atoms with E-state index in [1.807, 2.05) is 19.1 Å². The summed E-state index contributed by atoms with van der Waals surface area (Å²) in [6.07, 6.45) is 0. The molecule has 3 nitrogen and oxygen atoms in total. The summed E-state index contributed by atoms with van der Waals surface area (Å²) >= 11 is 3.51. The number of ether oxygens (including phenoxy) is 1. The van der Waals surface area contributed by atoms with Gasteiger partial charge in [0.15, 0.2) is 0 Å². The van der Waals surface area contributed by atoms with Crippen LogP contribution < -0.4 is 5.73 Å². The summed E-state index contributed by atoms with van der Waals surface area (Å²) in [5.74, 6) is 0. The normalized spacial score (nSPS) is 16.6. The number of hydrogen-bond donors (Lipinski definition) is 1. The number of methoxy groups -OCH3 is 1. The molecule has 0 saturated heterocycles. The van der Waals surface area contributed by atoms with E-state index in [4.69, 9.17) is 10.5 Å². The van der Waals surface area contributed by atoms with Crippen molar-refractivity contribution in [1.29, 1.82) is 0 Å². The van der Waals surface area contributed by atoms with Crippen molar-refractivity contribution in [3.63, 3.8) is 0 Å². The van der Waals surface area contributed by atoms with Gasteiger partial charge in [0, 0.05) is 29.7 Å². The minimum atomic E-state index is 0.0589. The smallest absolute Gasteiger partial charge is 0.0615 e. The maximum atomic E-state index is 6.16. The Hall–Kier alpha value is -0.420. The Bertz CT molecular complexity index is 371. The van der Waals surface area contributed by atoms with E-state index < -0.39 is 0 Å². The molecule has 4 heteroatoms. The van der Waals surface area contributed by atoms with Crippen LogP contribution >= 0.6 is 15.9 Å². The summed E-state index contributed by atoms with van der Waals surface area (Å²) in [5, 5.41) is 0. The second-order valence-electron chi connectivity index (χ2n) is 4.83. The molecule has 102 valence electrons. The predicted octanol–water partition coefficient (Wildman–Crippen LogP) is 2.80. The molecule has 3 unspecified atom stereocenters. The molecule has 1 aromatic carbocycles. The van der Waals surface area contributed by atoms with E-state index in [1.54, 1.807) is 7.11 Å². The summed E-state index contributed by atoms with van der Waals surface area (Å²) in [4.78, 5) is 2.27. The van der Waals surface area contributed by atoms with Gasteiger partial charge in [0.1, 0.15) is 0 Å². The largest absolute Gasteiger partial charge is 0.383 e. The fourth-order valence-corrected chi connectivity index (χ4v) is 2.65. The van der Waals surface area contributed by atoms with Crippen LogP contribution in [-0.2, 0) is 4.74 Å². The van der Waals surface area contributed by atoms with Gasteiger partial charge < -0.3 is 10.5 Å². The standard InChI is InChI=1S/C14H23BrN2O/c1-10(9-18-4)17(3)14(11(2)16)12-6-5-7-13(15)8-12/h5-8,10-11,14H,9,16H2,1-4H3. The Kier molecular flexibility index (Phi) is 6.29. The molecule has 1 aromatic rings. The van der Waals surface area contributed by atoms with Gasteiger partial charge in [-0.05, 0) is 38.6 Å². The third kappa shape index (κ3) is 4.05. The van der Waals surface area contributed by atoms with Crippen LogP contribution in [0.25, 0.3) is 0 Å². The molecule has 1 rings (SSSR count). The van der Waals surface area contributed by atoms with Crippen LogP contribution in [0.5, 0.6) is 0 Å². The summed E-state index contributed by atoms with van der Waals surface area (Å²) in [7, 11) is 3.82. The summed E-state index contributed by atoms with van der Waals surface area (Å²) in [6.45, 7) is 4.90. The van der Waals surface area contributed by atoms with E-state index >= 15 is 0 Å². The third-order valence-electron chi connectivity index (χ3n) is 3.23. The molecular weight excluding hydrogens is 292 g/mol. The second kappa shape index (κ2) is 7.24. The first-order valence-corrected chi connectivity index (χ1v) is 6.98. The van der Waals surface area contributed by atoms with Crippen LogP contribution in [0.2, 0.25) is 0 Å². The molecule has 0 aliphatic rings. The first-order valence-electron chi connectivity index (χ1n) is 6.19. The minimum Gasteiger partial charge on any atom is -0.383 e. The first kappa shape index (κ1) is 15.6. The van der Waals surface area contributed by atoms with Crippen molar-refractivity contribution in [2.24, 2.45) is 5.73 Å². The molecule has 2 N–H and O–H groups in total. The molecule has 0 aliphatic carbocycles. The monoisotopic (exact) mass is 314 g/mol. The van der Waals surface area contributed by atoms with Crippen molar-refractivity contribution < 1.29 is 4.74 Å². The van der Waals surface area contributed by atoms with E-state index in [-0.39, 0.29) is 12.1 Å². The van der Waals surface area contributed by atoms with Gasteiger partial charge in [0.2, 0.25) is 0 Å². The fourth-order valence-electron chi connectivity index (χ4n) is 2.23. The fraction of sp³-hybridized carbons (Fsp3) is 0.571. The zero-order valence-corrected chi connectivity index (χ0v) is 13.1. The molecule has 0 radical (unpaired) electrons. The molecule has 0 amide bonds. The lowest BCUT2D eigenvalue weighted by Gasteiger charge is -2.35. The zero-order chi connectivity index (χ0) is 13.7. The SMILES string of the molecule is COCC(C)N(C)C(c1cccc(Br)c1)C(C)N. The van der Waals surface area contributed by atoms with Crippen molar-refractivity contribution in [2.75, 3.05) is 20.8 Å². The van der Waals surface area contributed by atoms with Crippen molar-refractivity contribution in [3.8, 4) is 0 Å². The van der Waals surface area contributed by atoms with Crippen LogP contribution in [0.1, 0.15) is 25.5 Å². The maximum absolute atomic E-state index is 6.16. The number of hydrogen-bond acceptors (Lipinski definition) is 3. The Morgan fingerprint density at radius 3 is 2.56 bits per heavy atom. The van der Waals surface area contributed by atoms with Gasteiger partial charge in [-0.3, -0.25) is 4.90 Å². The Balaban J connectivity index is 2.95. The number of nitrogens with zero attached hydrogens (tertiary/aromatic N) is 1. The number of benzene rings is 1. The molecule has 3 atom stereocenters. The quantitative estimate of drug-likeness (QED) is 0.877. The number of likely N-dealkylation sites (N-methyl/N-ethyl adjacent to an activating group) is 1. The van der Waals surface area contributed by atoms with Gasteiger partial charge in [-0.1, -0.05) is 28.1 Å². The molecule has 0 heterocycles. The van der Waals surface area contributed by atoms with Gasteiger partial charge in [0.25, 0.3) is 0 Å². The number of nitrogens with two attached hydrogens (primary N) is 1. The summed E-state index contributed by atoms with van der Waals surface area (Å²) < 4.78 is 6.30. The highest BCUT2D eigenvalue weighted by atomic mass is 79.9. The van der Waals surface area contributed by atoms with Gasteiger partial charge in [-0.25, -0.2) is 0 Å². The van der Waals surface area contributed by atoms with Gasteiger partial charge in [0.05, 0.1) is 6.61 Å². The number of halogens is 1. The van der Waals surface area contributed by atoms with Crippen molar-refractivity contribution in [3.05, 3.63) is 34.3 Å². The van der Waals surface area contributed by atoms with Crippen LogP contribution in [0, 0.1) is 0 Å². The van der Waals surface area contributed by atoms with E-state index in [2.05, 4.69) is 46.9 Å². The lowest BCUT2D eigenvalue weighted by molar-refractivity contribution is 0.0819. The highest BCUT2D eigenvalue weighted by molar-refractivity contribution is 9.10. The van der Waals surface area contributed by atoms with Crippen LogP contribution in [0.15, 0.2) is 28.7 Å². The van der Waals surface area contributed by atoms with E-state index in [9.17, 15) is 0 Å². The highest BCUT2D eigenvalue weighted by Gasteiger charge is 2.24. The Labute approximate surface area is 118 Å². The van der Waals surface area contributed by atoms with Crippen LogP contribution in [0.4, 0.5) is 0 Å². The molecule has 0 aliphatic heterocycles. The average molecular weight is 315 g/mol. The lowest BCUT2D eigenvalue weighted by atomic mass is 9.98. The molecule has 18 heavy (non-hydrogen) atoms. The van der Waals surface area contributed by atoms with Crippen molar-refractivity contribution >= 4 is 15.9 Å². The number of rotatable bonds is 6. The molecule has 0 bridgehead atoms.